The topological polar surface area (TPSA) is 125 Å². The summed E-state index contributed by atoms with van der Waals surface area (Å²) in [7, 11) is -4.25. The molecule has 0 bridgehead atoms. The number of rotatable bonds is 5. The number of amides is 2. The van der Waals surface area contributed by atoms with E-state index >= 15 is 0 Å². The van der Waals surface area contributed by atoms with Crippen molar-refractivity contribution in [3.63, 3.8) is 0 Å². The van der Waals surface area contributed by atoms with Gasteiger partial charge >= 0.3 is 19.6 Å². The highest BCUT2D eigenvalue weighted by atomic mass is 31.2. The number of esters is 1. The number of ether oxygens (including phenoxy) is 1. The van der Waals surface area contributed by atoms with Crippen LogP contribution in [0.4, 0.5) is 4.79 Å². The zero-order valence-electron chi connectivity index (χ0n) is 10.6. The number of hydrogen-bond donors (Lipinski definition) is 4. The van der Waals surface area contributed by atoms with Crippen LogP contribution in [0.3, 0.4) is 0 Å². The van der Waals surface area contributed by atoms with Gasteiger partial charge in [0.1, 0.15) is 12.9 Å². The molecule has 0 rings (SSSR count). The van der Waals surface area contributed by atoms with Crippen molar-refractivity contribution in [1.82, 2.24) is 10.6 Å². The summed E-state index contributed by atoms with van der Waals surface area (Å²) in [5, 5.41) is 4.28. The first-order valence-electron chi connectivity index (χ1n) is 5.26. The summed E-state index contributed by atoms with van der Waals surface area (Å²) in [6.07, 6.45) is -0.736. The summed E-state index contributed by atoms with van der Waals surface area (Å²) in [5.41, 5.74) is -0.608. The first-order chi connectivity index (χ1) is 8.02. The molecule has 9 heteroatoms. The van der Waals surface area contributed by atoms with Crippen LogP contribution >= 0.6 is 7.60 Å². The van der Waals surface area contributed by atoms with Crippen molar-refractivity contribution in [3.8, 4) is 0 Å². The second-order valence-corrected chi connectivity index (χ2v) is 6.29. The molecule has 106 valence electrons. The third-order valence-electron chi connectivity index (χ3n) is 1.68. The molecular weight excluding hydrogens is 263 g/mol. The Morgan fingerprint density at radius 3 is 2.22 bits per heavy atom. The van der Waals surface area contributed by atoms with Crippen LogP contribution in [0.5, 0.6) is 0 Å². The van der Waals surface area contributed by atoms with E-state index < -0.39 is 25.3 Å². The molecule has 0 aromatic rings. The van der Waals surface area contributed by atoms with Gasteiger partial charge in [-0.25, -0.2) is 4.79 Å². The molecule has 8 nitrogen and oxygen atoms in total. The van der Waals surface area contributed by atoms with Gasteiger partial charge in [-0.3, -0.25) is 9.36 Å². The fraction of sp³-hybridized carbons (Fsp3) is 0.778. The fourth-order valence-electron chi connectivity index (χ4n) is 0.762. The van der Waals surface area contributed by atoms with Crippen molar-refractivity contribution in [2.75, 3.05) is 19.4 Å². The lowest BCUT2D eigenvalue weighted by molar-refractivity contribution is -0.152. The standard InChI is InChI=1S/C9H19N2O6P/c1-9(2,3)7(12)17-5-4-10-8(13)11-6-18(14,15)16/h4-6H2,1-3H3,(H2,10,11,13)(H2,14,15,16). The molecule has 0 aliphatic carbocycles. The van der Waals surface area contributed by atoms with E-state index in [2.05, 4.69) is 5.32 Å². The van der Waals surface area contributed by atoms with Crippen molar-refractivity contribution in [2.24, 2.45) is 5.41 Å². The van der Waals surface area contributed by atoms with Gasteiger partial charge in [-0.1, -0.05) is 0 Å². The quantitative estimate of drug-likeness (QED) is 0.320. The lowest BCUT2D eigenvalue weighted by atomic mass is 9.97. The lowest BCUT2D eigenvalue weighted by Crippen LogP contribution is -2.38. The van der Waals surface area contributed by atoms with Gasteiger partial charge in [-0.15, -0.1) is 0 Å². The van der Waals surface area contributed by atoms with Crippen LogP contribution in [-0.2, 0) is 14.1 Å². The van der Waals surface area contributed by atoms with Gasteiger partial charge < -0.3 is 25.2 Å². The minimum absolute atomic E-state index is 0.000561. The summed E-state index contributed by atoms with van der Waals surface area (Å²) in [6.45, 7) is 5.18. The number of hydrogen-bond acceptors (Lipinski definition) is 4. The molecule has 0 fully saturated rings. The van der Waals surface area contributed by atoms with Crippen LogP contribution in [0, 0.1) is 5.41 Å². The monoisotopic (exact) mass is 282 g/mol. The molecule has 0 aromatic heterocycles. The van der Waals surface area contributed by atoms with Gasteiger partial charge in [-0.2, -0.15) is 0 Å². The highest BCUT2D eigenvalue weighted by Gasteiger charge is 2.22. The molecule has 0 aliphatic rings. The van der Waals surface area contributed by atoms with Crippen molar-refractivity contribution < 1.29 is 28.7 Å². The number of carbonyl (C=O) groups is 2. The highest BCUT2D eigenvalue weighted by Crippen LogP contribution is 2.31. The average Bonchev–Trinajstić information content (AvgIpc) is 2.18. The third kappa shape index (κ3) is 8.98. The SMILES string of the molecule is CC(C)(C)C(=O)OCCNC(=O)NCP(=O)(O)O. The van der Waals surface area contributed by atoms with Crippen LogP contribution in [0.25, 0.3) is 0 Å². The molecule has 0 heterocycles. The van der Waals surface area contributed by atoms with Gasteiger partial charge in [0, 0.05) is 0 Å². The molecule has 0 spiro atoms. The Hall–Kier alpha value is -1.11. The number of nitrogens with one attached hydrogen (secondary N) is 2. The Labute approximate surface area is 105 Å². The number of carbonyl (C=O) groups excluding carboxylic acids is 2. The smallest absolute Gasteiger partial charge is 0.344 e. The van der Waals surface area contributed by atoms with E-state index in [9.17, 15) is 14.2 Å². The maximum Gasteiger partial charge on any atom is 0.344 e. The van der Waals surface area contributed by atoms with E-state index in [0.717, 1.165) is 0 Å². The van der Waals surface area contributed by atoms with Crippen molar-refractivity contribution in [3.05, 3.63) is 0 Å². The lowest BCUT2D eigenvalue weighted by Gasteiger charge is -2.16. The highest BCUT2D eigenvalue weighted by molar-refractivity contribution is 7.51. The van der Waals surface area contributed by atoms with Crippen LogP contribution in [-0.4, -0.2) is 41.2 Å². The molecule has 2 amide bonds. The minimum Gasteiger partial charge on any atom is -0.463 e. The fourth-order valence-corrected chi connectivity index (χ4v) is 1.11. The van der Waals surface area contributed by atoms with E-state index in [-0.39, 0.29) is 19.1 Å². The maximum absolute atomic E-state index is 11.3. The Balaban J connectivity index is 3.71. The first-order valence-corrected chi connectivity index (χ1v) is 7.05. The molecular formula is C9H19N2O6P. The first kappa shape index (κ1) is 16.9. The van der Waals surface area contributed by atoms with Crippen molar-refractivity contribution in [2.45, 2.75) is 20.8 Å². The summed E-state index contributed by atoms with van der Waals surface area (Å²) < 4.78 is 15.3. The van der Waals surface area contributed by atoms with E-state index in [1.54, 1.807) is 20.8 Å². The second-order valence-electron chi connectivity index (χ2n) is 4.64. The Morgan fingerprint density at radius 1 is 1.22 bits per heavy atom. The average molecular weight is 282 g/mol. The van der Waals surface area contributed by atoms with Crippen molar-refractivity contribution >= 4 is 19.6 Å². The second kappa shape index (κ2) is 6.72. The van der Waals surface area contributed by atoms with Crippen LogP contribution in [0.15, 0.2) is 0 Å². The van der Waals surface area contributed by atoms with Crippen LogP contribution in [0.2, 0.25) is 0 Å². The van der Waals surface area contributed by atoms with Gasteiger partial charge in [0.2, 0.25) is 0 Å². The van der Waals surface area contributed by atoms with E-state index in [0.29, 0.717) is 0 Å². The predicted octanol–water partition coefficient (Wildman–Crippen LogP) is 0.0101. The zero-order valence-corrected chi connectivity index (χ0v) is 11.5. The Bertz CT molecular complexity index is 345. The Morgan fingerprint density at radius 2 is 1.78 bits per heavy atom. The predicted molar refractivity (Wildman–Crippen MR) is 63.9 cm³/mol. The van der Waals surface area contributed by atoms with E-state index in [1.165, 1.54) is 0 Å². The molecule has 18 heavy (non-hydrogen) atoms. The molecule has 0 unspecified atom stereocenters. The van der Waals surface area contributed by atoms with E-state index in [4.69, 9.17) is 14.5 Å². The molecule has 0 aliphatic heterocycles. The molecule has 0 aromatic carbocycles. The van der Waals surface area contributed by atoms with Gasteiger partial charge in [0.25, 0.3) is 0 Å². The molecule has 0 radical (unpaired) electrons. The minimum atomic E-state index is -4.25. The van der Waals surface area contributed by atoms with Crippen LogP contribution < -0.4 is 10.6 Å². The third-order valence-corrected chi connectivity index (χ3v) is 2.25. The Kier molecular flexibility index (Phi) is 6.31. The van der Waals surface area contributed by atoms with E-state index in [1.807, 2.05) is 5.32 Å². The molecule has 0 saturated heterocycles. The van der Waals surface area contributed by atoms with Crippen LogP contribution in [0.1, 0.15) is 20.8 Å². The zero-order chi connectivity index (χ0) is 14.4. The van der Waals surface area contributed by atoms with Gasteiger partial charge in [0.15, 0.2) is 0 Å². The summed E-state index contributed by atoms with van der Waals surface area (Å²) >= 11 is 0. The molecule has 4 N–H and O–H groups in total. The van der Waals surface area contributed by atoms with Crippen molar-refractivity contribution in [1.29, 1.82) is 0 Å². The normalized spacial score (nSPS) is 11.8. The summed E-state index contributed by atoms with van der Waals surface area (Å²) in [4.78, 5) is 39.3. The molecule has 0 atom stereocenters. The molecule has 0 saturated carbocycles. The number of urea groups is 1. The summed E-state index contributed by atoms with van der Waals surface area (Å²) in [6, 6.07) is -0.731. The maximum atomic E-state index is 11.3. The van der Waals surface area contributed by atoms with Gasteiger partial charge in [-0.05, 0) is 20.8 Å². The largest absolute Gasteiger partial charge is 0.463 e. The summed E-state index contributed by atoms with van der Waals surface area (Å²) in [5.74, 6) is -0.389. The van der Waals surface area contributed by atoms with Gasteiger partial charge in [0.05, 0.1) is 12.0 Å².